The minimum Gasteiger partial charge on any atom is -0.481 e. The highest BCUT2D eigenvalue weighted by atomic mass is 16.4. The average Bonchev–Trinajstić information content (AvgIpc) is 2.99. The summed E-state index contributed by atoms with van der Waals surface area (Å²) in [6.45, 7) is 7.78. The molecule has 1 heterocycles. The van der Waals surface area contributed by atoms with Gasteiger partial charge in [-0.15, -0.1) is 0 Å². The lowest BCUT2D eigenvalue weighted by Crippen LogP contribution is -2.34. The van der Waals surface area contributed by atoms with E-state index >= 15 is 0 Å². The van der Waals surface area contributed by atoms with Crippen molar-refractivity contribution in [3.63, 3.8) is 0 Å². The zero-order chi connectivity index (χ0) is 18.7. The molecular weight excluding hydrogens is 318 g/mol. The van der Waals surface area contributed by atoms with E-state index in [9.17, 15) is 9.59 Å². The molecule has 1 amide bonds. The van der Waals surface area contributed by atoms with Crippen molar-refractivity contribution in [3.05, 3.63) is 47.3 Å². The molecule has 0 spiro atoms. The van der Waals surface area contributed by atoms with Crippen LogP contribution in [0.2, 0.25) is 0 Å². The van der Waals surface area contributed by atoms with Gasteiger partial charge in [0.2, 0.25) is 0 Å². The first kappa shape index (κ1) is 18.7. The number of carboxylic acids is 1. The second-order valence-corrected chi connectivity index (χ2v) is 6.72. The maximum Gasteiger partial charge on any atom is 0.308 e. The number of hydrogen-bond donors (Lipinski definition) is 1. The zero-order valence-corrected chi connectivity index (χ0v) is 15.4. The van der Waals surface area contributed by atoms with Gasteiger partial charge in [0, 0.05) is 13.6 Å². The predicted octanol–water partition coefficient (Wildman–Crippen LogP) is 3.10. The van der Waals surface area contributed by atoms with Crippen LogP contribution in [0, 0.1) is 12.8 Å². The highest BCUT2D eigenvalue weighted by Gasteiger charge is 2.25. The van der Waals surface area contributed by atoms with Gasteiger partial charge in [-0.25, -0.2) is 4.68 Å². The summed E-state index contributed by atoms with van der Waals surface area (Å²) in [5.41, 5.74) is 3.35. The fraction of sp³-hybridized carbons (Fsp3) is 0.421. The van der Waals surface area contributed by atoms with Crippen LogP contribution < -0.4 is 0 Å². The molecule has 0 saturated heterocycles. The Morgan fingerprint density at radius 2 is 1.88 bits per heavy atom. The Balaban J connectivity index is 2.41. The number of aromatic nitrogens is 2. The quantitative estimate of drug-likeness (QED) is 0.874. The number of amides is 1. The number of carboxylic acid groups (broad SMARTS) is 1. The summed E-state index contributed by atoms with van der Waals surface area (Å²) in [6.07, 6.45) is 1.58. The Bertz CT molecular complexity index is 780. The van der Waals surface area contributed by atoms with E-state index < -0.39 is 11.9 Å². The van der Waals surface area contributed by atoms with Gasteiger partial charge < -0.3 is 10.0 Å². The van der Waals surface area contributed by atoms with Gasteiger partial charge >= 0.3 is 5.97 Å². The van der Waals surface area contributed by atoms with Gasteiger partial charge in [-0.05, 0) is 24.5 Å². The summed E-state index contributed by atoms with van der Waals surface area (Å²) in [5.74, 6) is -1.66. The molecular formula is C19H25N3O3. The van der Waals surface area contributed by atoms with E-state index in [2.05, 4.69) is 5.10 Å². The molecule has 1 aromatic carbocycles. The molecule has 25 heavy (non-hydrogen) atoms. The first-order chi connectivity index (χ1) is 11.7. The molecule has 1 N–H and O–H groups in total. The Hall–Kier alpha value is -2.63. The Kier molecular flexibility index (Phi) is 5.62. The van der Waals surface area contributed by atoms with Crippen molar-refractivity contribution < 1.29 is 14.7 Å². The fourth-order valence-electron chi connectivity index (χ4n) is 2.85. The molecule has 134 valence electrons. The molecule has 0 aliphatic carbocycles. The topological polar surface area (TPSA) is 75.4 Å². The molecule has 0 bridgehead atoms. The van der Waals surface area contributed by atoms with Crippen molar-refractivity contribution in [1.82, 2.24) is 14.7 Å². The summed E-state index contributed by atoms with van der Waals surface area (Å²) in [6, 6.07) is 7.88. The van der Waals surface area contributed by atoms with Gasteiger partial charge in [0.05, 0.1) is 29.1 Å². The van der Waals surface area contributed by atoms with Crippen molar-refractivity contribution >= 4 is 11.9 Å². The number of aliphatic carboxylic acids is 1. The van der Waals surface area contributed by atoms with Gasteiger partial charge in [-0.1, -0.05) is 39.0 Å². The third-order valence-corrected chi connectivity index (χ3v) is 4.24. The van der Waals surface area contributed by atoms with Gasteiger partial charge in [-0.3, -0.25) is 9.59 Å². The lowest BCUT2D eigenvalue weighted by molar-refractivity contribution is -0.141. The van der Waals surface area contributed by atoms with E-state index in [0.717, 1.165) is 16.9 Å². The van der Waals surface area contributed by atoms with Crippen molar-refractivity contribution in [2.24, 2.45) is 5.92 Å². The normalized spacial score (nSPS) is 12.2. The molecule has 0 radical (unpaired) electrons. The third-order valence-electron chi connectivity index (χ3n) is 4.24. The SMILES string of the molecule is Cc1ccccc1-n1ncc(C(=O)N(C)CC(C)C(=O)O)c1C(C)C. The summed E-state index contributed by atoms with van der Waals surface area (Å²) in [4.78, 5) is 25.3. The van der Waals surface area contributed by atoms with Crippen LogP contribution in [-0.4, -0.2) is 45.3 Å². The zero-order valence-electron chi connectivity index (χ0n) is 15.4. The number of benzene rings is 1. The van der Waals surface area contributed by atoms with E-state index in [1.54, 1.807) is 20.2 Å². The third kappa shape index (κ3) is 3.90. The van der Waals surface area contributed by atoms with Crippen molar-refractivity contribution in [2.75, 3.05) is 13.6 Å². The smallest absolute Gasteiger partial charge is 0.308 e. The second kappa shape index (κ2) is 7.51. The van der Waals surface area contributed by atoms with E-state index in [-0.39, 0.29) is 18.4 Å². The van der Waals surface area contributed by atoms with Gasteiger partial charge in [0.1, 0.15) is 0 Å². The van der Waals surface area contributed by atoms with Gasteiger partial charge in [-0.2, -0.15) is 5.10 Å². The largest absolute Gasteiger partial charge is 0.481 e. The number of nitrogens with zero attached hydrogens (tertiary/aromatic N) is 3. The number of aryl methyl sites for hydroxylation is 1. The monoisotopic (exact) mass is 343 g/mol. The van der Waals surface area contributed by atoms with Gasteiger partial charge in [0.15, 0.2) is 0 Å². The lowest BCUT2D eigenvalue weighted by atomic mass is 10.0. The molecule has 0 saturated carbocycles. The lowest BCUT2D eigenvalue weighted by Gasteiger charge is -2.21. The molecule has 1 atom stereocenters. The maximum atomic E-state index is 12.8. The molecule has 0 fully saturated rings. The average molecular weight is 343 g/mol. The molecule has 1 unspecified atom stereocenters. The van der Waals surface area contributed by atoms with Crippen LogP contribution in [0.4, 0.5) is 0 Å². The van der Waals surface area contributed by atoms with E-state index in [1.165, 1.54) is 4.90 Å². The minimum atomic E-state index is -0.917. The van der Waals surface area contributed by atoms with Crippen molar-refractivity contribution in [2.45, 2.75) is 33.6 Å². The summed E-state index contributed by atoms with van der Waals surface area (Å²) in [5, 5.41) is 13.5. The standard InChI is InChI=1S/C19H25N3O3/c1-12(2)17-15(18(23)21(5)11-14(4)19(24)25)10-20-22(17)16-9-7-6-8-13(16)3/h6-10,12,14H,11H2,1-5H3,(H,24,25). The first-order valence-corrected chi connectivity index (χ1v) is 8.36. The van der Waals surface area contributed by atoms with Crippen LogP contribution in [0.15, 0.2) is 30.5 Å². The summed E-state index contributed by atoms with van der Waals surface area (Å²) in [7, 11) is 1.62. The number of hydrogen-bond acceptors (Lipinski definition) is 3. The Morgan fingerprint density at radius 1 is 1.24 bits per heavy atom. The first-order valence-electron chi connectivity index (χ1n) is 8.36. The summed E-state index contributed by atoms with van der Waals surface area (Å²) < 4.78 is 1.81. The molecule has 1 aromatic heterocycles. The number of rotatable bonds is 6. The molecule has 6 nitrogen and oxygen atoms in total. The highest BCUT2D eigenvalue weighted by Crippen LogP contribution is 2.25. The van der Waals surface area contributed by atoms with Crippen LogP contribution in [0.3, 0.4) is 0 Å². The predicted molar refractivity (Wildman–Crippen MR) is 96.2 cm³/mol. The summed E-state index contributed by atoms with van der Waals surface area (Å²) >= 11 is 0. The van der Waals surface area contributed by atoms with Crippen molar-refractivity contribution in [3.8, 4) is 5.69 Å². The van der Waals surface area contributed by atoms with E-state index in [1.807, 2.05) is 49.7 Å². The number of carbonyl (C=O) groups is 2. The highest BCUT2D eigenvalue weighted by molar-refractivity contribution is 5.95. The second-order valence-electron chi connectivity index (χ2n) is 6.72. The molecule has 2 aromatic rings. The van der Waals surface area contributed by atoms with Crippen LogP contribution in [0.5, 0.6) is 0 Å². The Labute approximate surface area is 148 Å². The molecule has 0 aliphatic heterocycles. The van der Waals surface area contributed by atoms with Crippen LogP contribution >= 0.6 is 0 Å². The Morgan fingerprint density at radius 3 is 2.44 bits per heavy atom. The molecule has 6 heteroatoms. The van der Waals surface area contributed by atoms with E-state index in [0.29, 0.717) is 5.56 Å². The maximum absolute atomic E-state index is 12.8. The molecule has 0 aliphatic rings. The molecule has 2 rings (SSSR count). The number of carbonyl (C=O) groups excluding carboxylic acids is 1. The van der Waals surface area contributed by atoms with Crippen LogP contribution in [0.1, 0.15) is 48.3 Å². The van der Waals surface area contributed by atoms with Crippen LogP contribution in [-0.2, 0) is 4.79 Å². The van der Waals surface area contributed by atoms with Crippen LogP contribution in [0.25, 0.3) is 5.69 Å². The minimum absolute atomic E-state index is 0.0892. The number of para-hydroxylation sites is 1. The van der Waals surface area contributed by atoms with Gasteiger partial charge in [0.25, 0.3) is 5.91 Å². The fourth-order valence-corrected chi connectivity index (χ4v) is 2.85. The van der Waals surface area contributed by atoms with Crippen molar-refractivity contribution in [1.29, 1.82) is 0 Å². The van der Waals surface area contributed by atoms with E-state index in [4.69, 9.17) is 5.11 Å².